The molecule has 0 N–H and O–H groups in total. The lowest BCUT2D eigenvalue weighted by Gasteiger charge is -2.15. The molecule has 2 aliphatic rings. The van der Waals surface area contributed by atoms with Crippen LogP contribution >= 0.6 is 0 Å². The highest BCUT2D eigenvalue weighted by Crippen LogP contribution is 2.30. The quantitative estimate of drug-likeness (QED) is 0.796. The molecular formula is C14H23N3O3S. The Balaban J connectivity index is 1.66. The molecule has 118 valence electrons. The van der Waals surface area contributed by atoms with Gasteiger partial charge in [-0.2, -0.15) is 4.31 Å². The van der Waals surface area contributed by atoms with Crippen LogP contribution in [-0.2, 0) is 21.3 Å². The third-order valence-corrected chi connectivity index (χ3v) is 6.01. The molecule has 1 aliphatic carbocycles. The maximum absolute atomic E-state index is 12.6. The number of hydrogen-bond donors (Lipinski definition) is 0. The minimum atomic E-state index is -3.48. The van der Waals surface area contributed by atoms with Gasteiger partial charge >= 0.3 is 0 Å². The zero-order valence-electron chi connectivity index (χ0n) is 12.7. The fourth-order valence-corrected chi connectivity index (χ4v) is 4.15. The Morgan fingerprint density at radius 2 is 2.14 bits per heavy atom. The molecule has 3 rings (SSSR count). The number of ether oxygens (including phenoxy) is 1. The van der Waals surface area contributed by atoms with E-state index in [-0.39, 0.29) is 11.1 Å². The fourth-order valence-electron chi connectivity index (χ4n) is 2.66. The van der Waals surface area contributed by atoms with Crippen LogP contribution in [0.25, 0.3) is 0 Å². The van der Waals surface area contributed by atoms with E-state index >= 15 is 0 Å². The van der Waals surface area contributed by atoms with Crippen molar-refractivity contribution in [2.75, 3.05) is 19.7 Å². The van der Waals surface area contributed by atoms with E-state index in [9.17, 15) is 8.42 Å². The van der Waals surface area contributed by atoms with Crippen molar-refractivity contribution in [2.45, 2.75) is 50.8 Å². The van der Waals surface area contributed by atoms with E-state index in [0.29, 0.717) is 19.0 Å². The first-order chi connectivity index (χ1) is 10.0. The Morgan fingerprint density at radius 1 is 1.38 bits per heavy atom. The number of aromatic nitrogens is 2. The normalized spacial score (nSPS) is 23.8. The average molecular weight is 313 g/mol. The van der Waals surface area contributed by atoms with Gasteiger partial charge in [-0.15, -0.1) is 0 Å². The van der Waals surface area contributed by atoms with Gasteiger partial charge in [0.1, 0.15) is 5.82 Å². The third kappa shape index (κ3) is 3.14. The predicted octanol–water partition coefficient (Wildman–Crippen LogP) is 1.40. The van der Waals surface area contributed by atoms with Gasteiger partial charge in [-0.3, -0.25) is 0 Å². The summed E-state index contributed by atoms with van der Waals surface area (Å²) in [5, 5.41) is 0.157. The molecule has 2 heterocycles. The molecule has 1 unspecified atom stereocenters. The van der Waals surface area contributed by atoms with Gasteiger partial charge < -0.3 is 9.30 Å². The van der Waals surface area contributed by atoms with Crippen LogP contribution in [0.4, 0.5) is 0 Å². The molecule has 7 heteroatoms. The van der Waals surface area contributed by atoms with Crippen molar-refractivity contribution in [1.82, 2.24) is 13.9 Å². The SMILES string of the molecule is CCn1cc(S(=O)(=O)N2CCC(OCC3CC3)C2)nc1C. The van der Waals surface area contributed by atoms with Gasteiger partial charge in [0.25, 0.3) is 10.0 Å². The Labute approximate surface area is 126 Å². The van der Waals surface area contributed by atoms with Crippen molar-refractivity contribution in [3.8, 4) is 0 Å². The number of rotatable bonds is 6. The van der Waals surface area contributed by atoms with Crippen LogP contribution in [0.15, 0.2) is 11.2 Å². The van der Waals surface area contributed by atoms with Crippen LogP contribution in [0, 0.1) is 12.8 Å². The number of aryl methyl sites for hydroxylation is 2. The number of hydrogen-bond acceptors (Lipinski definition) is 4. The van der Waals surface area contributed by atoms with E-state index in [4.69, 9.17) is 4.74 Å². The van der Waals surface area contributed by atoms with Gasteiger partial charge in [0.15, 0.2) is 5.03 Å². The number of imidazole rings is 1. The zero-order chi connectivity index (χ0) is 15.0. The first-order valence-corrected chi connectivity index (χ1v) is 9.10. The highest BCUT2D eigenvalue weighted by molar-refractivity contribution is 7.89. The highest BCUT2D eigenvalue weighted by Gasteiger charge is 2.35. The molecule has 0 spiro atoms. The monoisotopic (exact) mass is 313 g/mol. The van der Waals surface area contributed by atoms with Gasteiger partial charge in [0.05, 0.1) is 6.10 Å². The molecule has 0 radical (unpaired) electrons. The fraction of sp³-hybridized carbons (Fsp3) is 0.786. The summed E-state index contributed by atoms with van der Waals surface area (Å²) in [6.07, 6.45) is 4.95. The molecular weight excluding hydrogens is 290 g/mol. The lowest BCUT2D eigenvalue weighted by molar-refractivity contribution is 0.0561. The summed E-state index contributed by atoms with van der Waals surface area (Å²) in [6, 6.07) is 0. The van der Waals surface area contributed by atoms with Gasteiger partial charge in [0, 0.05) is 32.4 Å². The molecule has 1 saturated carbocycles. The first kappa shape index (κ1) is 15.0. The summed E-state index contributed by atoms with van der Waals surface area (Å²) in [6.45, 7) is 6.28. The molecule has 1 aliphatic heterocycles. The number of nitrogens with zero attached hydrogens (tertiary/aromatic N) is 3. The summed E-state index contributed by atoms with van der Waals surface area (Å²) >= 11 is 0. The van der Waals surface area contributed by atoms with Crippen LogP contribution in [0.2, 0.25) is 0 Å². The molecule has 21 heavy (non-hydrogen) atoms. The van der Waals surface area contributed by atoms with Crippen molar-refractivity contribution < 1.29 is 13.2 Å². The van der Waals surface area contributed by atoms with Crippen LogP contribution < -0.4 is 0 Å². The Hall–Kier alpha value is -0.920. The molecule has 2 fully saturated rings. The molecule has 0 bridgehead atoms. The lowest BCUT2D eigenvalue weighted by Crippen LogP contribution is -2.30. The van der Waals surface area contributed by atoms with E-state index in [1.807, 2.05) is 18.4 Å². The van der Waals surface area contributed by atoms with Gasteiger partial charge in [0.2, 0.25) is 0 Å². The van der Waals surface area contributed by atoms with Crippen LogP contribution in [0.1, 0.15) is 32.0 Å². The summed E-state index contributed by atoms with van der Waals surface area (Å²) in [5.41, 5.74) is 0. The molecule has 0 amide bonds. The molecule has 1 aromatic heterocycles. The van der Waals surface area contributed by atoms with Crippen LogP contribution in [0.5, 0.6) is 0 Å². The van der Waals surface area contributed by atoms with Gasteiger partial charge in [-0.25, -0.2) is 13.4 Å². The average Bonchev–Trinajstić information content (AvgIpc) is 3.01. The van der Waals surface area contributed by atoms with E-state index in [2.05, 4.69) is 4.98 Å². The van der Waals surface area contributed by atoms with Crippen molar-refractivity contribution in [1.29, 1.82) is 0 Å². The molecule has 1 atom stereocenters. The zero-order valence-corrected chi connectivity index (χ0v) is 13.5. The molecule has 1 aromatic rings. The summed E-state index contributed by atoms with van der Waals surface area (Å²) in [5.74, 6) is 1.44. The first-order valence-electron chi connectivity index (χ1n) is 7.66. The number of sulfonamides is 1. The van der Waals surface area contributed by atoms with Gasteiger partial charge in [-0.05, 0) is 39.0 Å². The van der Waals surface area contributed by atoms with Crippen molar-refractivity contribution in [2.24, 2.45) is 5.92 Å². The van der Waals surface area contributed by atoms with E-state index in [1.165, 1.54) is 17.1 Å². The second-order valence-electron chi connectivity index (χ2n) is 5.96. The molecule has 6 nitrogen and oxygen atoms in total. The molecule has 0 aromatic carbocycles. The lowest BCUT2D eigenvalue weighted by atomic mass is 10.3. The topological polar surface area (TPSA) is 64.4 Å². The van der Waals surface area contributed by atoms with Crippen molar-refractivity contribution in [3.05, 3.63) is 12.0 Å². The van der Waals surface area contributed by atoms with Crippen molar-refractivity contribution in [3.63, 3.8) is 0 Å². The van der Waals surface area contributed by atoms with Crippen LogP contribution in [-0.4, -0.2) is 48.1 Å². The summed E-state index contributed by atoms with van der Waals surface area (Å²) < 4.78 is 34.4. The van der Waals surface area contributed by atoms with Crippen molar-refractivity contribution >= 4 is 10.0 Å². The third-order valence-electron chi connectivity index (χ3n) is 4.27. The molecule has 1 saturated heterocycles. The smallest absolute Gasteiger partial charge is 0.262 e. The maximum atomic E-state index is 12.6. The minimum Gasteiger partial charge on any atom is -0.377 e. The summed E-state index contributed by atoms with van der Waals surface area (Å²) in [4.78, 5) is 4.20. The second kappa shape index (κ2) is 5.70. The van der Waals surface area contributed by atoms with Crippen LogP contribution in [0.3, 0.4) is 0 Å². The van der Waals surface area contributed by atoms with E-state index < -0.39 is 10.0 Å². The summed E-state index contributed by atoms with van der Waals surface area (Å²) in [7, 11) is -3.48. The maximum Gasteiger partial charge on any atom is 0.262 e. The Kier molecular flexibility index (Phi) is 4.07. The minimum absolute atomic E-state index is 0.0368. The van der Waals surface area contributed by atoms with E-state index in [0.717, 1.165) is 25.4 Å². The standard InChI is InChI=1S/C14H23N3O3S/c1-3-16-9-14(15-11(16)2)21(18,19)17-7-6-13(8-17)20-10-12-4-5-12/h9,12-13H,3-8,10H2,1-2H3. The van der Waals surface area contributed by atoms with Gasteiger partial charge in [-0.1, -0.05) is 0 Å². The van der Waals surface area contributed by atoms with E-state index in [1.54, 1.807) is 6.20 Å². The Morgan fingerprint density at radius 3 is 2.76 bits per heavy atom. The Bertz CT molecular complexity index is 607. The highest BCUT2D eigenvalue weighted by atomic mass is 32.2. The predicted molar refractivity (Wildman–Crippen MR) is 78.5 cm³/mol. The largest absolute Gasteiger partial charge is 0.377 e. The second-order valence-corrected chi connectivity index (χ2v) is 7.85.